The molecule has 0 saturated heterocycles. The van der Waals surface area contributed by atoms with Gasteiger partial charge in [-0.25, -0.2) is 13.2 Å². The van der Waals surface area contributed by atoms with Crippen LogP contribution in [-0.2, 0) is 17.1 Å². The van der Waals surface area contributed by atoms with E-state index in [1.807, 2.05) is 0 Å². The van der Waals surface area contributed by atoms with Crippen LogP contribution in [0.5, 0.6) is 0 Å². The molecule has 9 heteroatoms. The molecule has 0 fully saturated rings. The first-order valence-electron chi connectivity index (χ1n) is 5.76. The number of rotatable bonds is 4. The number of halogens is 1. The predicted octanol–water partition coefficient (Wildman–Crippen LogP) is 1.99. The van der Waals surface area contributed by atoms with Crippen molar-refractivity contribution in [2.24, 2.45) is 7.05 Å². The number of aromatic nitrogens is 2. The summed E-state index contributed by atoms with van der Waals surface area (Å²) in [5, 5.41) is 13.0. The second kappa shape index (κ2) is 5.49. The third-order valence-corrected chi connectivity index (χ3v) is 4.97. The van der Waals surface area contributed by atoms with E-state index in [0.29, 0.717) is 10.0 Å². The van der Waals surface area contributed by atoms with Crippen molar-refractivity contribution in [2.75, 3.05) is 4.72 Å². The average Bonchev–Trinajstić information content (AvgIpc) is 2.76. The van der Waals surface area contributed by atoms with Crippen molar-refractivity contribution >= 4 is 37.7 Å². The van der Waals surface area contributed by atoms with Crippen LogP contribution in [0.1, 0.15) is 15.9 Å². The van der Waals surface area contributed by atoms with Gasteiger partial charge in [-0.15, -0.1) is 0 Å². The number of carboxylic acids is 1. The molecule has 1 aromatic carbocycles. The van der Waals surface area contributed by atoms with Gasteiger partial charge in [0.15, 0.2) is 5.82 Å². The van der Waals surface area contributed by atoms with Gasteiger partial charge in [-0.05, 0) is 24.6 Å². The second-order valence-corrected chi connectivity index (χ2v) is 6.90. The Hall–Kier alpha value is -1.87. The van der Waals surface area contributed by atoms with Crippen molar-refractivity contribution in [1.29, 1.82) is 0 Å². The minimum atomic E-state index is -3.91. The summed E-state index contributed by atoms with van der Waals surface area (Å²) in [5.41, 5.74) is 0.380. The van der Waals surface area contributed by atoms with E-state index in [1.54, 1.807) is 20.2 Å². The molecule has 0 radical (unpaired) electrons. The topological polar surface area (TPSA) is 101 Å². The second-order valence-electron chi connectivity index (χ2n) is 4.36. The SMILES string of the molecule is Cc1c(Br)cc(S(=O)(=O)Nc2ccn(C)n2)cc1C(=O)O. The summed E-state index contributed by atoms with van der Waals surface area (Å²) in [6.45, 7) is 1.59. The standard InChI is InChI=1S/C12H12BrN3O4S/c1-7-9(12(17)18)5-8(6-10(7)13)21(19,20)15-11-3-4-16(2)14-11/h3-6H,1-2H3,(H,14,15)(H,17,18). The van der Waals surface area contributed by atoms with Crippen molar-refractivity contribution in [3.05, 3.63) is 40.0 Å². The zero-order valence-electron chi connectivity index (χ0n) is 11.2. The number of sulfonamides is 1. The van der Waals surface area contributed by atoms with Crippen LogP contribution in [0.15, 0.2) is 33.8 Å². The molecule has 2 rings (SSSR count). The molecule has 2 N–H and O–H groups in total. The van der Waals surface area contributed by atoms with Crippen LogP contribution < -0.4 is 4.72 Å². The Labute approximate surface area is 129 Å². The van der Waals surface area contributed by atoms with Crippen molar-refractivity contribution < 1.29 is 18.3 Å². The maximum atomic E-state index is 12.3. The zero-order chi connectivity index (χ0) is 15.8. The lowest BCUT2D eigenvalue weighted by Gasteiger charge is -2.10. The first-order valence-corrected chi connectivity index (χ1v) is 8.04. The number of hydrogen-bond donors (Lipinski definition) is 2. The van der Waals surface area contributed by atoms with Crippen molar-refractivity contribution in [2.45, 2.75) is 11.8 Å². The molecule has 0 bridgehead atoms. The zero-order valence-corrected chi connectivity index (χ0v) is 13.6. The van der Waals surface area contributed by atoms with E-state index in [0.717, 1.165) is 6.07 Å². The van der Waals surface area contributed by atoms with Gasteiger partial charge in [0.2, 0.25) is 0 Å². The van der Waals surface area contributed by atoms with Gasteiger partial charge in [0, 0.05) is 23.8 Å². The molecule has 0 aliphatic heterocycles. The summed E-state index contributed by atoms with van der Waals surface area (Å²) < 4.78 is 28.7. The number of nitrogens with zero attached hydrogens (tertiary/aromatic N) is 2. The number of hydrogen-bond acceptors (Lipinski definition) is 4. The average molecular weight is 374 g/mol. The Bertz CT molecular complexity index is 814. The fourth-order valence-corrected chi connectivity index (χ4v) is 3.36. The fraction of sp³-hybridized carbons (Fsp3) is 0.167. The third kappa shape index (κ3) is 3.24. The van der Waals surface area contributed by atoms with E-state index in [-0.39, 0.29) is 16.3 Å². The van der Waals surface area contributed by atoms with Crippen LogP contribution >= 0.6 is 15.9 Å². The maximum absolute atomic E-state index is 12.3. The fourth-order valence-electron chi connectivity index (χ4n) is 1.70. The minimum Gasteiger partial charge on any atom is -0.478 e. The van der Waals surface area contributed by atoms with E-state index in [2.05, 4.69) is 25.8 Å². The first-order chi connectivity index (χ1) is 9.70. The van der Waals surface area contributed by atoms with E-state index < -0.39 is 16.0 Å². The van der Waals surface area contributed by atoms with Gasteiger partial charge in [0.05, 0.1) is 10.5 Å². The highest BCUT2D eigenvalue weighted by atomic mass is 79.9. The number of anilines is 1. The Morgan fingerprint density at radius 3 is 2.62 bits per heavy atom. The van der Waals surface area contributed by atoms with Crippen LogP contribution in [0.25, 0.3) is 0 Å². The summed E-state index contributed by atoms with van der Waals surface area (Å²) in [6, 6.07) is 3.97. The Kier molecular flexibility index (Phi) is 4.06. The summed E-state index contributed by atoms with van der Waals surface area (Å²) >= 11 is 3.17. The van der Waals surface area contributed by atoms with Crippen molar-refractivity contribution in [3.63, 3.8) is 0 Å². The normalized spacial score (nSPS) is 11.4. The smallest absolute Gasteiger partial charge is 0.336 e. The molecule has 0 atom stereocenters. The largest absolute Gasteiger partial charge is 0.478 e. The number of carbonyl (C=O) groups is 1. The molecule has 1 aromatic heterocycles. The van der Waals surface area contributed by atoms with Crippen LogP contribution in [0.3, 0.4) is 0 Å². The monoisotopic (exact) mass is 373 g/mol. The van der Waals surface area contributed by atoms with E-state index in [4.69, 9.17) is 5.11 Å². The van der Waals surface area contributed by atoms with Gasteiger partial charge in [-0.3, -0.25) is 9.40 Å². The van der Waals surface area contributed by atoms with Crippen molar-refractivity contribution in [3.8, 4) is 0 Å². The quantitative estimate of drug-likeness (QED) is 0.852. The molecule has 1 heterocycles. The molecule has 0 unspecified atom stereocenters. The number of aryl methyl sites for hydroxylation is 1. The Morgan fingerprint density at radius 1 is 1.43 bits per heavy atom. The Morgan fingerprint density at radius 2 is 2.10 bits per heavy atom. The molecule has 0 spiro atoms. The van der Waals surface area contributed by atoms with Gasteiger partial charge in [-0.2, -0.15) is 5.10 Å². The first kappa shape index (κ1) is 15.5. The maximum Gasteiger partial charge on any atom is 0.336 e. The number of aromatic carboxylic acids is 1. The third-order valence-electron chi connectivity index (χ3n) is 2.81. The van der Waals surface area contributed by atoms with Crippen LogP contribution in [-0.4, -0.2) is 29.3 Å². The lowest BCUT2D eigenvalue weighted by atomic mass is 10.1. The number of nitrogens with one attached hydrogen (secondary N) is 1. The van der Waals surface area contributed by atoms with Crippen molar-refractivity contribution in [1.82, 2.24) is 9.78 Å². The van der Waals surface area contributed by atoms with Crippen LogP contribution in [0.4, 0.5) is 5.82 Å². The molecule has 0 amide bonds. The molecule has 0 saturated carbocycles. The molecule has 2 aromatic rings. The number of carboxylic acid groups (broad SMARTS) is 1. The van der Waals surface area contributed by atoms with Gasteiger partial charge >= 0.3 is 5.97 Å². The lowest BCUT2D eigenvalue weighted by Crippen LogP contribution is -2.15. The summed E-state index contributed by atoms with van der Waals surface area (Å²) in [5.74, 6) is -1.03. The summed E-state index contributed by atoms with van der Waals surface area (Å²) in [7, 11) is -2.26. The predicted molar refractivity (Wildman–Crippen MR) is 79.9 cm³/mol. The molecular formula is C12H12BrN3O4S. The van der Waals surface area contributed by atoms with E-state index in [1.165, 1.54) is 16.8 Å². The molecular weight excluding hydrogens is 362 g/mol. The highest BCUT2D eigenvalue weighted by molar-refractivity contribution is 9.10. The lowest BCUT2D eigenvalue weighted by molar-refractivity contribution is 0.0695. The summed E-state index contributed by atoms with van der Waals surface area (Å²) in [6.07, 6.45) is 1.59. The minimum absolute atomic E-state index is 0.0780. The van der Waals surface area contributed by atoms with Gasteiger partial charge in [0.1, 0.15) is 0 Å². The molecule has 7 nitrogen and oxygen atoms in total. The highest BCUT2D eigenvalue weighted by Crippen LogP contribution is 2.26. The summed E-state index contributed by atoms with van der Waals surface area (Å²) in [4.78, 5) is 11.0. The Balaban J connectivity index is 2.47. The van der Waals surface area contributed by atoms with Gasteiger partial charge in [-0.1, -0.05) is 15.9 Å². The molecule has 0 aliphatic carbocycles. The van der Waals surface area contributed by atoms with E-state index >= 15 is 0 Å². The van der Waals surface area contributed by atoms with Gasteiger partial charge < -0.3 is 5.11 Å². The molecule has 21 heavy (non-hydrogen) atoms. The van der Waals surface area contributed by atoms with Gasteiger partial charge in [0.25, 0.3) is 10.0 Å². The highest BCUT2D eigenvalue weighted by Gasteiger charge is 2.20. The molecule has 112 valence electrons. The van der Waals surface area contributed by atoms with Crippen LogP contribution in [0.2, 0.25) is 0 Å². The van der Waals surface area contributed by atoms with E-state index in [9.17, 15) is 13.2 Å². The van der Waals surface area contributed by atoms with Crippen LogP contribution in [0, 0.1) is 6.92 Å². The number of benzene rings is 1. The molecule has 0 aliphatic rings.